The Morgan fingerprint density at radius 3 is 2.83 bits per heavy atom. The summed E-state index contributed by atoms with van der Waals surface area (Å²) >= 11 is 0. The van der Waals surface area contributed by atoms with Gasteiger partial charge in [0.2, 0.25) is 0 Å². The van der Waals surface area contributed by atoms with E-state index in [0.717, 1.165) is 18.7 Å². The number of nitrogens with zero attached hydrogens (tertiary/aromatic N) is 1. The van der Waals surface area contributed by atoms with E-state index >= 15 is 0 Å². The number of fused-ring (bicyclic) bond motifs is 1. The Bertz CT molecular complexity index is 865. The highest BCUT2D eigenvalue weighted by Gasteiger charge is 2.67. The summed E-state index contributed by atoms with van der Waals surface area (Å²) in [5, 5.41) is 33.9. The molecule has 0 amide bonds. The number of hydrogen-bond acceptors (Lipinski definition) is 6. The van der Waals surface area contributed by atoms with Crippen molar-refractivity contribution in [1.29, 1.82) is 0 Å². The molecule has 5 rings (SSSR count). The standard InChI is InChI=1S/C23H29NO5/c1-14-17(26)7-8-23(28)19-11-16-5-6-18(29-13-25)21(27)20(16)22(14,23)9-10-24(19)12-15-3-2-4-15/h5-8,13-15,17,19,26-28H,2-4,9-12H2,1H3. The molecule has 1 aromatic rings. The summed E-state index contributed by atoms with van der Waals surface area (Å²) in [6.07, 6.45) is 7.79. The molecule has 1 heterocycles. The molecule has 0 radical (unpaired) electrons. The van der Waals surface area contributed by atoms with Crippen LogP contribution in [0.5, 0.6) is 11.5 Å². The van der Waals surface area contributed by atoms with Crippen molar-refractivity contribution in [3.8, 4) is 11.5 Å². The van der Waals surface area contributed by atoms with Crippen molar-refractivity contribution in [2.24, 2.45) is 11.8 Å². The molecule has 5 atom stereocenters. The maximum absolute atomic E-state index is 12.2. The van der Waals surface area contributed by atoms with E-state index in [-0.39, 0.29) is 23.5 Å². The van der Waals surface area contributed by atoms with Crippen LogP contribution in [0.4, 0.5) is 0 Å². The van der Waals surface area contributed by atoms with Crippen LogP contribution >= 0.6 is 0 Å². The number of aromatic hydroxyl groups is 1. The van der Waals surface area contributed by atoms with Gasteiger partial charge in [0.15, 0.2) is 11.5 Å². The van der Waals surface area contributed by atoms with Gasteiger partial charge in [0, 0.05) is 23.6 Å². The second-order valence-corrected chi connectivity index (χ2v) is 9.36. The van der Waals surface area contributed by atoms with Gasteiger partial charge >= 0.3 is 0 Å². The van der Waals surface area contributed by atoms with Gasteiger partial charge in [-0.25, -0.2) is 0 Å². The van der Waals surface area contributed by atoms with Crippen molar-refractivity contribution in [2.45, 2.75) is 62.2 Å². The third-order valence-electron chi connectivity index (χ3n) is 8.27. The summed E-state index contributed by atoms with van der Waals surface area (Å²) < 4.78 is 5.00. The number of hydrogen-bond donors (Lipinski definition) is 3. The van der Waals surface area contributed by atoms with Crippen LogP contribution < -0.4 is 4.74 Å². The number of carbonyl (C=O) groups is 1. The minimum absolute atomic E-state index is 0.0896. The fraction of sp³-hybridized carbons (Fsp3) is 0.609. The van der Waals surface area contributed by atoms with Crippen molar-refractivity contribution in [3.05, 3.63) is 35.4 Å². The van der Waals surface area contributed by atoms with Crippen LogP contribution in [0.25, 0.3) is 0 Å². The molecule has 6 nitrogen and oxygen atoms in total. The highest BCUT2D eigenvalue weighted by Crippen LogP contribution is 2.61. The van der Waals surface area contributed by atoms with Crippen molar-refractivity contribution in [3.63, 3.8) is 0 Å². The number of phenolic OH excluding ortho intramolecular Hbond substituents is 1. The van der Waals surface area contributed by atoms with Gasteiger partial charge in [0.25, 0.3) is 6.47 Å². The second kappa shape index (κ2) is 6.56. The first-order valence-corrected chi connectivity index (χ1v) is 10.7. The summed E-state index contributed by atoms with van der Waals surface area (Å²) in [6, 6.07) is 3.41. The third kappa shape index (κ3) is 2.43. The summed E-state index contributed by atoms with van der Waals surface area (Å²) in [6.45, 7) is 4.05. The molecule has 5 unspecified atom stereocenters. The molecule has 29 heavy (non-hydrogen) atoms. The molecule has 2 bridgehead atoms. The number of aliphatic hydroxyl groups is 2. The molecule has 6 heteroatoms. The van der Waals surface area contributed by atoms with Crippen LogP contribution in [0.2, 0.25) is 0 Å². The lowest BCUT2D eigenvalue weighted by atomic mass is 9.47. The van der Waals surface area contributed by atoms with Crippen LogP contribution in [-0.2, 0) is 16.6 Å². The highest BCUT2D eigenvalue weighted by molar-refractivity contribution is 5.62. The Balaban J connectivity index is 1.69. The van der Waals surface area contributed by atoms with E-state index in [0.29, 0.717) is 30.8 Å². The summed E-state index contributed by atoms with van der Waals surface area (Å²) in [5.74, 6) is 0.414. The number of benzene rings is 1. The van der Waals surface area contributed by atoms with Crippen molar-refractivity contribution in [1.82, 2.24) is 4.90 Å². The number of phenols is 1. The molecule has 4 aliphatic rings. The smallest absolute Gasteiger partial charge is 0.298 e. The fourth-order valence-corrected chi connectivity index (χ4v) is 6.51. The molecule has 3 aliphatic carbocycles. The maximum atomic E-state index is 12.2. The van der Waals surface area contributed by atoms with Crippen molar-refractivity contribution in [2.75, 3.05) is 13.1 Å². The molecular weight excluding hydrogens is 370 g/mol. The van der Waals surface area contributed by atoms with Gasteiger partial charge in [-0.15, -0.1) is 0 Å². The number of likely N-dealkylation sites (tertiary alicyclic amines) is 1. The van der Waals surface area contributed by atoms with E-state index in [4.69, 9.17) is 4.74 Å². The van der Waals surface area contributed by atoms with Gasteiger partial charge in [0.05, 0.1) is 6.10 Å². The first-order valence-electron chi connectivity index (χ1n) is 10.7. The predicted octanol–water partition coefficient (Wildman–Crippen LogP) is 1.89. The van der Waals surface area contributed by atoms with Crippen LogP contribution in [0.15, 0.2) is 24.3 Å². The summed E-state index contributed by atoms with van der Waals surface area (Å²) in [5.41, 5.74) is -0.433. The van der Waals surface area contributed by atoms with E-state index in [9.17, 15) is 20.1 Å². The molecule has 1 saturated heterocycles. The van der Waals surface area contributed by atoms with Crippen LogP contribution in [0.1, 0.15) is 43.7 Å². The summed E-state index contributed by atoms with van der Waals surface area (Å²) in [4.78, 5) is 13.3. The number of aliphatic hydroxyl groups excluding tert-OH is 1. The Labute approximate surface area is 170 Å². The van der Waals surface area contributed by atoms with Crippen molar-refractivity contribution < 1.29 is 24.9 Å². The minimum Gasteiger partial charge on any atom is -0.504 e. The maximum Gasteiger partial charge on any atom is 0.298 e. The molecule has 2 fully saturated rings. The van der Waals surface area contributed by atoms with Gasteiger partial charge in [-0.05, 0) is 55.7 Å². The zero-order valence-corrected chi connectivity index (χ0v) is 16.8. The average molecular weight is 399 g/mol. The Morgan fingerprint density at radius 2 is 2.14 bits per heavy atom. The quantitative estimate of drug-likeness (QED) is 0.529. The normalized spacial score (nSPS) is 38.7. The zero-order chi connectivity index (χ0) is 20.4. The van der Waals surface area contributed by atoms with Gasteiger partial charge in [-0.1, -0.05) is 31.6 Å². The molecule has 1 saturated carbocycles. The minimum atomic E-state index is -1.20. The average Bonchev–Trinajstić information content (AvgIpc) is 2.65. The number of piperidine rings is 1. The first-order chi connectivity index (χ1) is 13.9. The van der Waals surface area contributed by atoms with E-state index in [1.54, 1.807) is 18.2 Å². The number of carbonyl (C=O) groups excluding carboxylic acids is 1. The van der Waals surface area contributed by atoms with E-state index in [2.05, 4.69) is 4.90 Å². The summed E-state index contributed by atoms with van der Waals surface area (Å²) in [7, 11) is 0. The fourth-order valence-electron chi connectivity index (χ4n) is 6.51. The Kier molecular flexibility index (Phi) is 4.32. The predicted molar refractivity (Wildman–Crippen MR) is 107 cm³/mol. The second-order valence-electron chi connectivity index (χ2n) is 9.36. The van der Waals surface area contributed by atoms with Crippen molar-refractivity contribution >= 4 is 6.47 Å². The molecule has 0 spiro atoms. The number of rotatable bonds is 4. The van der Waals surface area contributed by atoms with E-state index < -0.39 is 17.1 Å². The molecule has 0 aromatic heterocycles. The lowest BCUT2D eigenvalue weighted by Crippen LogP contribution is -2.74. The lowest BCUT2D eigenvalue weighted by Gasteiger charge is -2.65. The highest BCUT2D eigenvalue weighted by atomic mass is 16.5. The third-order valence-corrected chi connectivity index (χ3v) is 8.27. The molecule has 1 aliphatic heterocycles. The lowest BCUT2D eigenvalue weighted by molar-refractivity contribution is -0.154. The SMILES string of the molecule is CC1C(O)C=CC2(O)C3Cc4ccc(OC=O)c(O)c4C12CCN3CC1CCC1. The Hall–Kier alpha value is -1.89. The monoisotopic (exact) mass is 399 g/mol. The van der Waals surface area contributed by atoms with E-state index in [1.807, 2.05) is 13.0 Å². The molecular formula is C23H29NO5. The van der Waals surface area contributed by atoms with Crippen LogP contribution in [-0.4, -0.2) is 57.5 Å². The first kappa shape index (κ1) is 19.1. The zero-order valence-electron chi connectivity index (χ0n) is 16.8. The largest absolute Gasteiger partial charge is 0.504 e. The van der Waals surface area contributed by atoms with E-state index in [1.165, 1.54) is 19.3 Å². The van der Waals surface area contributed by atoms with Gasteiger partial charge in [-0.3, -0.25) is 9.69 Å². The Morgan fingerprint density at radius 1 is 1.34 bits per heavy atom. The molecule has 3 N–H and O–H groups in total. The van der Waals surface area contributed by atoms with Gasteiger partial charge in [-0.2, -0.15) is 0 Å². The van der Waals surface area contributed by atoms with Crippen LogP contribution in [0.3, 0.4) is 0 Å². The van der Waals surface area contributed by atoms with Gasteiger partial charge < -0.3 is 20.1 Å². The number of ether oxygens (including phenoxy) is 1. The van der Waals surface area contributed by atoms with Crippen LogP contribution in [0, 0.1) is 11.8 Å². The molecule has 1 aromatic carbocycles. The topological polar surface area (TPSA) is 90.2 Å². The van der Waals surface area contributed by atoms with Gasteiger partial charge in [0.1, 0.15) is 5.60 Å². The molecule has 156 valence electrons.